The Balaban J connectivity index is 2.23. The SMILES string of the molecule is CCCCn1c(-c2cc(F)ccc2F)nc2cc(OC)ccc21. The normalized spacial score (nSPS) is 11.1. The van der Waals surface area contributed by atoms with E-state index in [1.807, 2.05) is 16.7 Å². The first-order chi connectivity index (χ1) is 11.1. The first-order valence-corrected chi connectivity index (χ1v) is 7.63. The highest BCUT2D eigenvalue weighted by Gasteiger charge is 2.17. The second-order valence-corrected chi connectivity index (χ2v) is 5.42. The van der Waals surface area contributed by atoms with Gasteiger partial charge in [0.25, 0.3) is 0 Å². The Morgan fingerprint density at radius 1 is 1.13 bits per heavy atom. The molecular weight excluding hydrogens is 298 g/mol. The molecule has 0 amide bonds. The first-order valence-electron chi connectivity index (χ1n) is 7.63. The van der Waals surface area contributed by atoms with E-state index in [1.54, 1.807) is 13.2 Å². The largest absolute Gasteiger partial charge is 0.497 e. The van der Waals surface area contributed by atoms with Gasteiger partial charge in [0, 0.05) is 12.6 Å². The van der Waals surface area contributed by atoms with Crippen LogP contribution in [0.15, 0.2) is 36.4 Å². The molecule has 23 heavy (non-hydrogen) atoms. The fourth-order valence-electron chi connectivity index (χ4n) is 2.65. The summed E-state index contributed by atoms with van der Waals surface area (Å²) in [6.45, 7) is 2.79. The molecule has 3 nitrogen and oxygen atoms in total. The molecule has 0 fully saturated rings. The van der Waals surface area contributed by atoms with E-state index in [0.717, 1.165) is 30.5 Å². The third-order valence-corrected chi connectivity index (χ3v) is 3.86. The molecule has 0 bridgehead atoms. The van der Waals surface area contributed by atoms with Crippen molar-refractivity contribution in [1.82, 2.24) is 9.55 Å². The number of aromatic nitrogens is 2. The van der Waals surface area contributed by atoms with Gasteiger partial charge in [-0.05, 0) is 36.8 Å². The first kappa shape index (κ1) is 15.5. The van der Waals surface area contributed by atoms with Crippen molar-refractivity contribution >= 4 is 11.0 Å². The minimum absolute atomic E-state index is 0.177. The van der Waals surface area contributed by atoms with E-state index in [-0.39, 0.29) is 5.56 Å². The smallest absolute Gasteiger partial charge is 0.144 e. The fraction of sp³-hybridized carbons (Fsp3) is 0.278. The van der Waals surface area contributed by atoms with Crippen molar-refractivity contribution < 1.29 is 13.5 Å². The molecule has 0 aliphatic heterocycles. The molecule has 0 saturated heterocycles. The van der Waals surface area contributed by atoms with E-state index in [2.05, 4.69) is 11.9 Å². The Kier molecular flexibility index (Phi) is 4.28. The Morgan fingerprint density at radius 3 is 2.70 bits per heavy atom. The minimum Gasteiger partial charge on any atom is -0.497 e. The van der Waals surface area contributed by atoms with Crippen LogP contribution in [0.1, 0.15) is 19.8 Å². The van der Waals surface area contributed by atoms with Gasteiger partial charge in [0.1, 0.15) is 23.2 Å². The molecule has 0 aliphatic carbocycles. The third kappa shape index (κ3) is 2.91. The number of ether oxygens (including phenoxy) is 1. The van der Waals surface area contributed by atoms with Crippen LogP contribution in [0.4, 0.5) is 8.78 Å². The molecule has 0 aliphatic rings. The number of benzene rings is 2. The number of nitrogens with zero attached hydrogens (tertiary/aromatic N) is 2. The standard InChI is InChI=1S/C18H18F2N2O/c1-3-4-9-22-17-8-6-13(23-2)11-16(17)21-18(22)14-10-12(19)5-7-15(14)20/h5-8,10-11H,3-4,9H2,1-2H3. The summed E-state index contributed by atoms with van der Waals surface area (Å²) in [4.78, 5) is 4.52. The molecule has 0 atom stereocenters. The van der Waals surface area contributed by atoms with Gasteiger partial charge >= 0.3 is 0 Å². The average Bonchev–Trinajstić information content (AvgIpc) is 2.92. The van der Waals surface area contributed by atoms with Gasteiger partial charge in [-0.25, -0.2) is 13.8 Å². The minimum atomic E-state index is -0.480. The van der Waals surface area contributed by atoms with Crippen LogP contribution >= 0.6 is 0 Å². The number of halogens is 2. The van der Waals surface area contributed by atoms with Gasteiger partial charge in [0.15, 0.2) is 0 Å². The molecule has 0 spiro atoms. The number of unbranched alkanes of at least 4 members (excludes halogenated alkanes) is 1. The lowest BCUT2D eigenvalue weighted by Gasteiger charge is -2.09. The zero-order valence-electron chi connectivity index (χ0n) is 13.1. The second-order valence-electron chi connectivity index (χ2n) is 5.42. The Hall–Kier alpha value is -2.43. The Labute approximate surface area is 133 Å². The van der Waals surface area contributed by atoms with Crippen LogP contribution in [0.25, 0.3) is 22.4 Å². The lowest BCUT2D eigenvalue weighted by Crippen LogP contribution is -2.02. The summed E-state index contributed by atoms with van der Waals surface area (Å²) in [7, 11) is 1.59. The number of hydrogen-bond acceptors (Lipinski definition) is 2. The van der Waals surface area contributed by atoms with E-state index in [9.17, 15) is 8.78 Å². The van der Waals surface area contributed by atoms with Gasteiger partial charge in [0.2, 0.25) is 0 Å². The van der Waals surface area contributed by atoms with Gasteiger partial charge in [-0.1, -0.05) is 13.3 Å². The number of methoxy groups -OCH3 is 1. The molecule has 1 aromatic heterocycles. The molecule has 5 heteroatoms. The van der Waals surface area contributed by atoms with Gasteiger partial charge in [-0.2, -0.15) is 0 Å². The molecule has 0 saturated carbocycles. The van der Waals surface area contributed by atoms with Crippen LogP contribution < -0.4 is 4.74 Å². The van der Waals surface area contributed by atoms with E-state index in [4.69, 9.17) is 4.74 Å². The quantitative estimate of drug-likeness (QED) is 0.676. The van der Waals surface area contributed by atoms with Crippen molar-refractivity contribution in [2.24, 2.45) is 0 Å². The molecule has 0 radical (unpaired) electrons. The van der Waals surface area contributed by atoms with Gasteiger partial charge < -0.3 is 9.30 Å². The highest BCUT2D eigenvalue weighted by Crippen LogP contribution is 2.29. The number of aryl methyl sites for hydroxylation is 1. The molecule has 2 aromatic carbocycles. The maximum absolute atomic E-state index is 14.2. The maximum atomic E-state index is 14.2. The zero-order chi connectivity index (χ0) is 16.4. The zero-order valence-corrected chi connectivity index (χ0v) is 13.1. The summed E-state index contributed by atoms with van der Waals surface area (Å²) in [6.07, 6.45) is 1.93. The highest BCUT2D eigenvalue weighted by atomic mass is 19.1. The summed E-state index contributed by atoms with van der Waals surface area (Å²) in [5.74, 6) is 0.169. The number of hydrogen-bond donors (Lipinski definition) is 0. The van der Waals surface area contributed by atoms with Crippen LogP contribution in [0.5, 0.6) is 5.75 Å². The lowest BCUT2D eigenvalue weighted by molar-refractivity contribution is 0.415. The fourth-order valence-corrected chi connectivity index (χ4v) is 2.65. The van der Waals surface area contributed by atoms with E-state index in [0.29, 0.717) is 23.6 Å². The van der Waals surface area contributed by atoms with Crippen LogP contribution in [0.3, 0.4) is 0 Å². The van der Waals surface area contributed by atoms with Crippen LogP contribution in [0, 0.1) is 11.6 Å². The monoisotopic (exact) mass is 316 g/mol. The maximum Gasteiger partial charge on any atom is 0.144 e. The summed E-state index contributed by atoms with van der Waals surface area (Å²) in [6, 6.07) is 8.99. The van der Waals surface area contributed by atoms with Crippen molar-refractivity contribution in [3.05, 3.63) is 48.0 Å². The van der Waals surface area contributed by atoms with Crippen molar-refractivity contribution in [2.75, 3.05) is 7.11 Å². The van der Waals surface area contributed by atoms with Gasteiger partial charge in [-0.3, -0.25) is 0 Å². The van der Waals surface area contributed by atoms with E-state index in [1.165, 1.54) is 6.07 Å². The van der Waals surface area contributed by atoms with Crippen molar-refractivity contribution in [3.8, 4) is 17.1 Å². The number of imidazole rings is 1. The average molecular weight is 316 g/mol. The lowest BCUT2D eigenvalue weighted by atomic mass is 10.2. The van der Waals surface area contributed by atoms with E-state index >= 15 is 0 Å². The highest BCUT2D eigenvalue weighted by molar-refractivity contribution is 5.82. The summed E-state index contributed by atoms with van der Waals surface area (Å²) < 4.78 is 34.9. The number of fused-ring (bicyclic) bond motifs is 1. The molecular formula is C18H18F2N2O. The van der Waals surface area contributed by atoms with Crippen LogP contribution in [-0.4, -0.2) is 16.7 Å². The van der Waals surface area contributed by atoms with Gasteiger partial charge in [-0.15, -0.1) is 0 Å². The van der Waals surface area contributed by atoms with E-state index < -0.39 is 11.6 Å². The predicted molar refractivity (Wildman–Crippen MR) is 86.5 cm³/mol. The third-order valence-electron chi connectivity index (χ3n) is 3.86. The molecule has 3 aromatic rings. The van der Waals surface area contributed by atoms with Crippen molar-refractivity contribution in [1.29, 1.82) is 0 Å². The summed E-state index contributed by atoms with van der Waals surface area (Å²) >= 11 is 0. The van der Waals surface area contributed by atoms with Crippen molar-refractivity contribution in [3.63, 3.8) is 0 Å². The summed E-state index contributed by atoms with van der Waals surface area (Å²) in [5, 5.41) is 0. The predicted octanol–water partition coefficient (Wildman–Crippen LogP) is 4.79. The Morgan fingerprint density at radius 2 is 1.96 bits per heavy atom. The molecule has 3 rings (SSSR count). The van der Waals surface area contributed by atoms with Crippen LogP contribution in [-0.2, 0) is 6.54 Å². The van der Waals surface area contributed by atoms with Crippen LogP contribution in [0.2, 0.25) is 0 Å². The molecule has 0 N–H and O–H groups in total. The van der Waals surface area contributed by atoms with Crippen molar-refractivity contribution in [2.45, 2.75) is 26.3 Å². The number of rotatable bonds is 5. The summed E-state index contributed by atoms with van der Waals surface area (Å²) in [5.41, 5.74) is 1.77. The molecule has 0 unspecified atom stereocenters. The molecule has 120 valence electrons. The second kappa shape index (κ2) is 6.36. The Bertz CT molecular complexity index is 842. The topological polar surface area (TPSA) is 27.1 Å². The van der Waals surface area contributed by atoms with Gasteiger partial charge in [0.05, 0.1) is 23.7 Å². The molecule has 1 heterocycles.